The van der Waals surface area contributed by atoms with Gasteiger partial charge in [-0.3, -0.25) is 4.98 Å². The summed E-state index contributed by atoms with van der Waals surface area (Å²) in [5.41, 5.74) is 5.78. The van der Waals surface area contributed by atoms with Gasteiger partial charge in [0.1, 0.15) is 0 Å². The van der Waals surface area contributed by atoms with E-state index in [2.05, 4.69) is 59.4 Å². The molecule has 0 aliphatic heterocycles. The Bertz CT molecular complexity index is 919. The first-order valence-electron chi connectivity index (χ1n) is 6.75. The average molecular weight is 258 g/mol. The largest absolute Gasteiger partial charge is 0.359 e. The van der Waals surface area contributed by atoms with Crippen LogP contribution in [0.3, 0.4) is 0 Å². The molecule has 0 radical (unpaired) electrons. The van der Waals surface area contributed by atoms with Crippen LogP contribution in [0, 0.1) is 6.92 Å². The molecule has 0 fully saturated rings. The Kier molecular flexibility index (Phi) is 2.36. The van der Waals surface area contributed by atoms with Gasteiger partial charge < -0.3 is 4.98 Å². The molecule has 0 aliphatic rings. The van der Waals surface area contributed by atoms with Gasteiger partial charge in [-0.2, -0.15) is 0 Å². The van der Waals surface area contributed by atoms with Crippen molar-refractivity contribution in [3.8, 4) is 11.1 Å². The number of H-pyrrole nitrogens is 1. The van der Waals surface area contributed by atoms with Gasteiger partial charge in [0.05, 0.1) is 5.52 Å². The first kappa shape index (κ1) is 11.2. The summed E-state index contributed by atoms with van der Waals surface area (Å²) >= 11 is 0. The van der Waals surface area contributed by atoms with E-state index in [1.54, 1.807) is 0 Å². The van der Waals surface area contributed by atoms with Gasteiger partial charge in [0.25, 0.3) is 0 Å². The highest BCUT2D eigenvalue weighted by Crippen LogP contribution is 2.30. The molecular weight excluding hydrogens is 244 g/mol. The minimum atomic E-state index is 1.04. The summed E-state index contributed by atoms with van der Waals surface area (Å²) in [5.74, 6) is 0. The lowest BCUT2D eigenvalue weighted by atomic mass is 10.0. The second-order valence-electron chi connectivity index (χ2n) is 5.14. The molecule has 96 valence electrons. The molecule has 0 spiro atoms. The topological polar surface area (TPSA) is 28.7 Å². The molecular formula is C18H14N2. The highest BCUT2D eigenvalue weighted by molar-refractivity contribution is 5.97. The van der Waals surface area contributed by atoms with Crippen molar-refractivity contribution in [2.24, 2.45) is 0 Å². The van der Waals surface area contributed by atoms with Crippen LogP contribution in [0.4, 0.5) is 0 Å². The zero-order valence-corrected chi connectivity index (χ0v) is 11.2. The van der Waals surface area contributed by atoms with E-state index in [9.17, 15) is 0 Å². The lowest BCUT2D eigenvalue weighted by molar-refractivity contribution is 1.30. The number of rotatable bonds is 1. The summed E-state index contributed by atoms with van der Waals surface area (Å²) in [4.78, 5) is 7.95. The number of para-hydroxylation sites is 1. The van der Waals surface area contributed by atoms with Gasteiger partial charge in [-0.15, -0.1) is 0 Å². The predicted molar refractivity (Wildman–Crippen MR) is 83.8 cm³/mol. The van der Waals surface area contributed by atoms with Gasteiger partial charge in [0, 0.05) is 33.7 Å². The number of nitrogens with zero attached hydrogens (tertiary/aromatic N) is 1. The van der Waals surface area contributed by atoms with Crippen molar-refractivity contribution in [3.05, 3.63) is 66.5 Å². The zero-order chi connectivity index (χ0) is 13.5. The smallest absolute Gasteiger partial charge is 0.0702 e. The van der Waals surface area contributed by atoms with Crippen LogP contribution in [0.5, 0.6) is 0 Å². The third kappa shape index (κ3) is 1.69. The Balaban J connectivity index is 2.00. The molecule has 0 unspecified atom stereocenters. The monoisotopic (exact) mass is 258 g/mol. The molecule has 1 N–H and O–H groups in total. The third-order valence-corrected chi connectivity index (χ3v) is 3.70. The van der Waals surface area contributed by atoms with E-state index < -0.39 is 0 Å². The van der Waals surface area contributed by atoms with Crippen molar-refractivity contribution < 1.29 is 0 Å². The van der Waals surface area contributed by atoms with Crippen LogP contribution < -0.4 is 0 Å². The molecule has 2 heteroatoms. The summed E-state index contributed by atoms with van der Waals surface area (Å²) in [7, 11) is 0. The van der Waals surface area contributed by atoms with Crippen LogP contribution in [0.1, 0.15) is 5.69 Å². The Morgan fingerprint density at radius 2 is 1.85 bits per heavy atom. The van der Waals surface area contributed by atoms with E-state index in [0.717, 1.165) is 11.1 Å². The summed E-state index contributed by atoms with van der Waals surface area (Å²) < 4.78 is 0. The van der Waals surface area contributed by atoms with Crippen LogP contribution in [0.25, 0.3) is 32.9 Å². The molecule has 2 aromatic carbocycles. The van der Waals surface area contributed by atoms with Crippen molar-refractivity contribution >= 4 is 21.8 Å². The van der Waals surface area contributed by atoms with Crippen molar-refractivity contribution in [3.63, 3.8) is 0 Å². The molecule has 0 amide bonds. The zero-order valence-electron chi connectivity index (χ0n) is 11.2. The van der Waals surface area contributed by atoms with Gasteiger partial charge in [-0.05, 0) is 36.8 Å². The second-order valence-corrected chi connectivity index (χ2v) is 5.14. The summed E-state index contributed by atoms with van der Waals surface area (Å²) in [6, 6.07) is 19.0. The molecule has 4 aromatic rings. The maximum Gasteiger partial charge on any atom is 0.0702 e. The SMILES string of the molecule is Cc1cc2c(-c3cnc4ccccc4c3)cccc2[nH]1. The predicted octanol–water partition coefficient (Wildman–Crippen LogP) is 4.69. The molecule has 2 nitrogen and oxygen atoms in total. The molecule has 0 bridgehead atoms. The first-order valence-corrected chi connectivity index (χ1v) is 6.75. The van der Waals surface area contributed by atoms with Gasteiger partial charge in [0.2, 0.25) is 0 Å². The summed E-state index contributed by atoms with van der Waals surface area (Å²) in [6.07, 6.45) is 1.96. The van der Waals surface area contributed by atoms with Gasteiger partial charge in [-0.25, -0.2) is 0 Å². The molecule has 2 aromatic heterocycles. The highest BCUT2D eigenvalue weighted by Gasteiger charge is 2.07. The Morgan fingerprint density at radius 1 is 0.950 bits per heavy atom. The summed E-state index contributed by atoms with van der Waals surface area (Å²) in [6.45, 7) is 2.09. The summed E-state index contributed by atoms with van der Waals surface area (Å²) in [5, 5.41) is 2.43. The molecule has 4 rings (SSSR count). The fraction of sp³-hybridized carbons (Fsp3) is 0.0556. The first-order chi connectivity index (χ1) is 9.81. The maximum absolute atomic E-state index is 4.56. The van der Waals surface area contributed by atoms with Crippen molar-refractivity contribution in [2.45, 2.75) is 6.92 Å². The molecule has 0 atom stereocenters. The number of hydrogen-bond donors (Lipinski definition) is 1. The van der Waals surface area contributed by atoms with E-state index in [1.165, 1.54) is 27.5 Å². The van der Waals surface area contributed by atoms with Crippen molar-refractivity contribution in [2.75, 3.05) is 0 Å². The van der Waals surface area contributed by atoms with E-state index in [1.807, 2.05) is 18.3 Å². The lowest BCUT2D eigenvalue weighted by Gasteiger charge is -2.05. The lowest BCUT2D eigenvalue weighted by Crippen LogP contribution is -1.83. The van der Waals surface area contributed by atoms with Crippen molar-refractivity contribution in [1.82, 2.24) is 9.97 Å². The fourth-order valence-corrected chi connectivity index (χ4v) is 2.76. The fourth-order valence-electron chi connectivity index (χ4n) is 2.76. The number of fused-ring (bicyclic) bond motifs is 2. The number of pyridine rings is 1. The van der Waals surface area contributed by atoms with E-state index >= 15 is 0 Å². The van der Waals surface area contributed by atoms with Crippen LogP contribution >= 0.6 is 0 Å². The molecule has 0 aliphatic carbocycles. The molecule has 0 saturated carbocycles. The minimum absolute atomic E-state index is 1.04. The Labute approximate surface area is 117 Å². The number of aromatic amines is 1. The number of nitrogens with one attached hydrogen (secondary N) is 1. The number of hydrogen-bond acceptors (Lipinski definition) is 1. The molecule has 20 heavy (non-hydrogen) atoms. The second kappa shape index (κ2) is 4.20. The average Bonchev–Trinajstić information content (AvgIpc) is 2.86. The molecule has 2 heterocycles. The Hall–Kier alpha value is -2.61. The quantitative estimate of drug-likeness (QED) is 0.527. The number of aromatic nitrogens is 2. The minimum Gasteiger partial charge on any atom is -0.359 e. The van der Waals surface area contributed by atoms with E-state index in [4.69, 9.17) is 0 Å². The maximum atomic E-state index is 4.56. The standard InChI is InChI=1S/C18H14N2/c1-12-9-16-15(6-4-8-18(16)20-12)14-10-13-5-2-3-7-17(13)19-11-14/h2-11,20H,1H3. The van der Waals surface area contributed by atoms with Crippen LogP contribution in [-0.4, -0.2) is 9.97 Å². The molecule has 0 saturated heterocycles. The third-order valence-electron chi connectivity index (χ3n) is 3.70. The van der Waals surface area contributed by atoms with E-state index in [-0.39, 0.29) is 0 Å². The highest BCUT2D eigenvalue weighted by atomic mass is 14.7. The van der Waals surface area contributed by atoms with Gasteiger partial charge >= 0.3 is 0 Å². The van der Waals surface area contributed by atoms with Crippen LogP contribution in [0.2, 0.25) is 0 Å². The van der Waals surface area contributed by atoms with Gasteiger partial charge in [-0.1, -0.05) is 30.3 Å². The van der Waals surface area contributed by atoms with E-state index in [0.29, 0.717) is 0 Å². The normalized spacial score (nSPS) is 11.2. The van der Waals surface area contributed by atoms with Crippen LogP contribution in [-0.2, 0) is 0 Å². The van der Waals surface area contributed by atoms with Gasteiger partial charge in [0.15, 0.2) is 0 Å². The van der Waals surface area contributed by atoms with Crippen LogP contribution in [0.15, 0.2) is 60.8 Å². The number of benzene rings is 2. The number of aryl methyl sites for hydroxylation is 1. The van der Waals surface area contributed by atoms with Crippen molar-refractivity contribution in [1.29, 1.82) is 0 Å². The Morgan fingerprint density at radius 3 is 2.80 bits per heavy atom.